The van der Waals surface area contributed by atoms with Crippen molar-refractivity contribution in [3.63, 3.8) is 0 Å². The molecule has 0 radical (unpaired) electrons. The molecular weight excluding hydrogens is 284 g/mol. The molecule has 0 saturated carbocycles. The van der Waals surface area contributed by atoms with Crippen LogP contribution in [0.15, 0.2) is 48.5 Å². The fourth-order valence-corrected chi connectivity index (χ4v) is 2.41. The van der Waals surface area contributed by atoms with Crippen LogP contribution in [0.3, 0.4) is 0 Å². The van der Waals surface area contributed by atoms with Crippen molar-refractivity contribution in [1.82, 2.24) is 0 Å². The normalized spacial score (nSPS) is 14.8. The summed E-state index contributed by atoms with van der Waals surface area (Å²) < 4.78 is 53.3. The summed E-state index contributed by atoms with van der Waals surface area (Å²) in [7, 11) is 0. The van der Waals surface area contributed by atoms with Crippen molar-refractivity contribution in [3.05, 3.63) is 71.0 Å². The Labute approximate surface area is 119 Å². The highest BCUT2D eigenvalue weighted by molar-refractivity contribution is 5.42. The maximum absolute atomic E-state index is 13.9. The van der Waals surface area contributed by atoms with Crippen molar-refractivity contribution >= 4 is 0 Å². The summed E-state index contributed by atoms with van der Waals surface area (Å²) in [6.07, 6.45) is -4.70. The fraction of sp³-hybridized carbons (Fsp3) is 0.250. The van der Waals surface area contributed by atoms with Gasteiger partial charge in [0.1, 0.15) is 11.4 Å². The molecule has 0 saturated heterocycles. The monoisotopic (exact) mass is 298 g/mol. The van der Waals surface area contributed by atoms with Gasteiger partial charge in [0.2, 0.25) is 0 Å². The van der Waals surface area contributed by atoms with Crippen molar-refractivity contribution in [2.75, 3.05) is 0 Å². The van der Waals surface area contributed by atoms with E-state index in [0.717, 1.165) is 12.1 Å². The van der Waals surface area contributed by atoms with Gasteiger partial charge >= 0.3 is 6.18 Å². The molecule has 0 aliphatic carbocycles. The fourth-order valence-electron chi connectivity index (χ4n) is 2.41. The highest BCUT2D eigenvalue weighted by atomic mass is 19.4. The van der Waals surface area contributed by atoms with E-state index in [1.54, 1.807) is 0 Å². The van der Waals surface area contributed by atoms with Gasteiger partial charge in [0.25, 0.3) is 0 Å². The van der Waals surface area contributed by atoms with Gasteiger partial charge in [-0.3, -0.25) is 0 Å². The smallest absolute Gasteiger partial charge is 0.380 e. The van der Waals surface area contributed by atoms with Crippen LogP contribution in [0.1, 0.15) is 30.0 Å². The zero-order valence-electron chi connectivity index (χ0n) is 11.3. The molecular formula is C16H14F4O. The van der Waals surface area contributed by atoms with E-state index in [9.17, 15) is 22.7 Å². The van der Waals surface area contributed by atoms with Crippen LogP contribution in [0.4, 0.5) is 17.6 Å². The Kier molecular flexibility index (Phi) is 4.05. The molecule has 0 amide bonds. The number of alkyl halides is 3. The summed E-state index contributed by atoms with van der Waals surface area (Å²) in [6.45, 7) is 1.51. The molecule has 1 N–H and O–H groups in total. The van der Waals surface area contributed by atoms with Crippen molar-refractivity contribution in [2.24, 2.45) is 0 Å². The molecule has 0 heterocycles. The molecule has 0 aliphatic rings. The first-order chi connectivity index (χ1) is 9.80. The molecule has 21 heavy (non-hydrogen) atoms. The molecule has 0 aliphatic heterocycles. The number of benzene rings is 2. The Morgan fingerprint density at radius 3 is 1.81 bits per heavy atom. The minimum absolute atomic E-state index is 0.0823. The summed E-state index contributed by atoms with van der Waals surface area (Å²) in [5.74, 6) is -0.737. The molecule has 1 nitrogen and oxygen atoms in total. The first-order valence-electron chi connectivity index (χ1n) is 6.44. The van der Waals surface area contributed by atoms with E-state index in [4.69, 9.17) is 0 Å². The average molecular weight is 298 g/mol. The SMILES string of the molecule is CCC(O)(c1ccccc1F)c1ccccc1C(F)(F)F. The first-order valence-corrected chi connectivity index (χ1v) is 6.44. The summed E-state index contributed by atoms with van der Waals surface area (Å²) in [5.41, 5.74) is -3.50. The van der Waals surface area contributed by atoms with Gasteiger partial charge in [0, 0.05) is 11.1 Å². The summed E-state index contributed by atoms with van der Waals surface area (Å²) in [6, 6.07) is 10.0. The van der Waals surface area contributed by atoms with Crippen LogP contribution < -0.4 is 0 Å². The summed E-state index contributed by atoms with van der Waals surface area (Å²) in [5, 5.41) is 10.7. The second kappa shape index (κ2) is 5.48. The maximum Gasteiger partial charge on any atom is 0.416 e. The molecule has 1 atom stereocenters. The Balaban J connectivity index is 2.70. The van der Waals surface area contributed by atoms with Crippen LogP contribution in [-0.4, -0.2) is 5.11 Å². The Morgan fingerprint density at radius 1 is 0.857 bits per heavy atom. The molecule has 0 aromatic heterocycles. The lowest BCUT2D eigenvalue weighted by atomic mass is 9.81. The van der Waals surface area contributed by atoms with Crippen LogP contribution in [-0.2, 0) is 11.8 Å². The van der Waals surface area contributed by atoms with E-state index >= 15 is 0 Å². The van der Waals surface area contributed by atoms with E-state index in [1.165, 1.54) is 43.3 Å². The van der Waals surface area contributed by atoms with E-state index in [-0.39, 0.29) is 17.5 Å². The van der Waals surface area contributed by atoms with Crippen LogP contribution in [0.25, 0.3) is 0 Å². The van der Waals surface area contributed by atoms with Crippen molar-refractivity contribution in [2.45, 2.75) is 25.1 Å². The van der Waals surface area contributed by atoms with E-state index in [2.05, 4.69) is 0 Å². The molecule has 1 unspecified atom stereocenters. The molecule has 0 bridgehead atoms. The second-order valence-electron chi connectivity index (χ2n) is 4.74. The molecule has 2 aromatic rings. The van der Waals surface area contributed by atoms with Gasteiger partial charge in [0.15, 0.2) is 0 Å². The Hall–Kier alpha value is -1.88. The maximum atomic E-state index is 13.9. The lowest BCUT2D eigenvalue weighted by molar-refractivity contribution is -0.140. The third-order valence-corrected chi connectivity index (χ3v) is 3.51. The zero-order valence-corrected chi connectivity index (χ0v) is 11.3. The number of hydrogen-bond donors (Lipinski definition) is 1. The predicted octanol–water partition coefficient (Wildman–Crippen LogP) is 4.49. The van der Waals surface area contributed by atoms with Gasteiger partial charge in [-0.15, -0.1) is 0 Å². The molecule has 2 aromatic carbocycles. The standard InChI is InChI=1S/C16H14F4O/c1-2-15(21,13-9-5-6-10-14(13)17)11-7-3-4-8-12(11)16(18,19)20/h3-10,21H,2H2,1H3. The van der Waals surface area contributed by atoms with E-state index < -0.39 is 23.2 Å². The summed E-state index contributed by atoms with van der Waals surface area (Å²) >= 11 is 0. The highest BCUT2D eigenvalue weighted by Crippen LogP contribution is 2.41. The minimum Gasteiger partial charge on any atom is -0.380 e. The van der Waals surface area contributed by atoms with E-state index in [1.807, 2.05) is 0 Å². The van der Waals surface area contributed by atoms with Crippen LogP contribution in [0.5, 0.6) is 0 Å². The predicted molar refractivity (Wildman–Crippen MR) is 71.1 cm³/mol. The van der Waals surface area contributed by atoms with Gasteiger partial charge in [-0.05, 0) is 18.6 Å². The van der Waals surface area contributed by atoms with Crippen LogP contribution in [0.2, 0.25) is 0 Å². The van der Waals surface area contributed by atoms with Gasteiger partial charge in [-0.25, -0.2) is 4.39 Å². The Bertz CT molecular complexity index is 636. The molecule has 5 heteroatoms. The van der Waals surface area contributed by atoms with Crippen molar-refractivity contribution in [1.29, 1.82) is 0 Å². The van der Waals surface area contributed by atoms with Gasteiger partial charge in [-0.1, -0.05) is 43.3 Å². The number of aliphatic hydroxyl groups is 1. The minimum atomic E-state index is -4.62. The lowest BCUT2D eigenvalue weighted by Gasteiger charge is -2.31. The highest BCUT2D eigenvalue weighted by Gasteiger charge is 2.41. The average Bonchev–Trinajstić information content (AvgIpc) is 2.46. The molecule has 112 valence electrons. The zero-order chi connectivity index (χ0) is 15.7. The third kappa shape index (κ3) is 2.78. The quantitative estimate of drug-likeness (QED) is 0.828. The molecule has 0 spiro atoms. The molecule has 2 rings (SSSR count). The van der Waals surface area contributed by atoms with Gasteiger partial charge < -0.3 is 5.11 Å². The number of halogens is 4. The lowest BCUT2D eigenvalue weighted by Crippen LogP contribution is -2.30. The van der Waals surface area contributed by atoms with Crippen molar-refractivity contribution < 1.29 is 22.7 Å². The van der Waals surface area contributed by atoms with Crippen molar-refractivity contribution in [3.8, 4) is 0 Å². The number of rotatable bonds is 3. The second-order valence-corrected chi connectivity index (χ2v) is 4.74. The molecule has 0 fully saturated rings. The largest absolute Gasteiger partial charge is 0.416 e. The topological polar surface area (TPSA) is 20.2 Å². The van der Waals surface area contributed by atoms with Crippen LogP contribution >= 0.6 is 0 Å². The third-order valence-electron chi connectivity index (χ3n) is 3.51. The number of hydrogen-bond acceptors (Lipinski definition) is 1. The van der Waals surface area contributed by atoms with E-state index in [0.29, 0.717) is 0 Å². The van der Waals surface area contributed by atoms with Gasteiger partial charge in [-0.2, -0.15) is 13.2 Å². The van der Waals surface area contributed by atoms with Crippen LogP contribution in [0, 0.1) is 5.82 Å². The van der Waals surface area contributed by atoms with Gasteiger partial charge in [0.05, 0.1) is 5.56 Å². The Morgan fingerprint density at radius 2 is 1.33 bits per heavy atom. The summed E-state index contributed by atoms with van der Waals surface area (Å²) in [4.78, 5) is 0. The first kappa shape index (κ1) is 15.5.